The Balaban J connectivity index is 2.07. The van der Waals surface area contributed by atoms with Crippen molar-refractivity contribution >= 4 is 28.6 Å². The molecular formula is C14H11ClN2O3S. The largest absolute Gasteiger partial charge is 0.486 e. The molecule has 0 unspecified atom stereocenters. The maximum atomic E-state index is 10.7. The molecule has 0 fully saturated rings. The van der Waals surface area contributed by atoms with Crippen LogP contribution in [-0.2, 0) is 6.61 Å². The summed E-state index contributed by atoms with van der Waals surface area (Å²) in [5.74, 6) is 5.98. The first-order valence-electron chi connectivity index (χ1n) is 5.93. The number of nitrogens with zero attached hydrogens (tertiary/aromatic N) is 1. The van der Waals surface area contributed by atoms with E-state index in [0.29, 0.717) is 11.6 Å². The molecule has 5 nitrogen and oxygen atoms in total. The number of non-ortho nitro benzene ring substituents is 1. The number of hydrogen-bond donors (Lipinski definition) is 1. The highest BCUT2D eigenvalue weighted by molar-refractivity contribution is 7.10. The Morgan fingerprint density at radius 1 is 1.43 bits per heavy atom. The third-order valence-corrected chi connectivity index (χ3v) is 3.71. The van der Waals surface area contributed by atoms with Crippen molar-refractivity contribution in [3.05, 3.63) is 55.2 Å². The van der Waals surface area contributed by atoms with Crippen LogP contribution in [-0.4, -0.2) is 11.5 Å². The molecule has 0 bridgehead atoms. The monoisotopic (exact) mass is 322 g/mol. The Morgan fingerprint density at radius 2 is 2.24 bits per heavy atom. The van der Waals surface area contributed by atoms with Gasteiger partial charge in [-0.05, 0) is 12.1 Å². The molecule has 0 saturated carbocycles. The van der Waals surface area contributed by atoms with Gasteiger partial charge in [0.15, 0.2) is 0 Å². The predicted molar refractivity (Wildman–Crippen MR) is 82.7 cm³/mol. The van der Waals surface area contributed by atoms with Crippen LogP contribution in [0.15, 0.2) is 29.6 Å². The van der Waals surface area contributed by atoms with Crippen LogP contribution in [0.2, 0.25) is 5.02 Å². The van der Waals surface area contributed by atoms with Crippen molar-refractivity contribution < 1.29 is 9.66 Å². The highest BCUT2D eigenvalue weighted by atomic mass is 35.5. The van der Waals surface area contributed by atoms with Crippen LogP contribution in [0.25, 0.3) is 0 Å². The zero-order valence-corrected chi connectivity index (χ0v) is 12.4. The van der Waals surface area contributed by atoms with Gasteiger partial charge in [0.1, 0.15) is 12.4 Å². The van der Waals surface area contributed by atoms with Crippen LogP contribution in [0.1, 0.15) is 10.4 Å². The quantitative estimate of drug-likeness (QED) is 0.532. The summed E-state index contributed by atoms with van der Waals surface area (Å²) in [6.45, 7) is 0.584. The minimum atomic E-state index is -0.491. The topological polar surface area (TPSA) is 78.4 Å². The summed E-state index contributed by atoms with van der Waals surface area (Å²) < 4.78 is 5.53. The molecule has 2 N–H and O–H groups in total. The molecule has 108 valence electrons. The Kier molecular flexibility index (Phi) is 5.17. The molecule has 1 aromatic carbocycles. The van der Waals surface area contributed by atoms with Crippen LogP contribution in [0.4, 0.5) is 5.69 Å². The van der Waals surface area contributed by atoms with Gasteiger partial charge in [0, 0.05) is 21.9 Å². The molecule has 7 heteroatoms. The number of nitro groups is 1. The second-order valence-corrected chi connectivity index (χ2v) is 5.37. The van der Waals surface area contributed by atoms with Crippen LogP contribution in [0.5, 0.6) is 5.75 Å². The number of benzene rings is 1. The van der Waals surface area contributed by atoms with Crippen molar-refractivity contribution in [2.45, 2.75) is 6.61 Å². The maximum absolute atomic E-state index is 10.7. The fourth-order valence-electron chi connectivity index (χ4n) is 1.54. The van der Waals surface area contributed by atoms with E-state index in [2.05, 4.69) is 11.8 Å². The number of hydrogen-bond acceptors (Lipinski definition) is 5. The van der Waals surface area contributed by atoms with Crippen LogP contribution >= 0.6 is 22.9 Å². The second-order valence-electron chi connectivity index (χ2n) is 3.97. The van der Waals surface area contributed by atoms with E-state index in [9.17, 15) is 10.1 Å². The van der Waals surface area contributed by atoms with Crippen molar-refractivity contribution in [2.24, 2.45) is 5.73 Å². The number of nitrogens with two attached hydrogens (primary N) is 1. The molecule has 0 aliphatic heterocycles. The molecule has 0 aliphatic rings. The van der Waals surface area contributed by atoms with Gasteiger partial charge in [0.2, 0.25) is 0 Å². The normalized spacial score (nSPS) is 9.81. The van der Waals surface area contributed by atoms with E-state index >= 15 is 0 Å². The van der Waals surface area contributed by atoms with Crippen molar-refractivity contribution in [3.63, 3.8) is 0 Å². The molecule has 21 heavy (non-hydrogen) atoms. The molecule has 1 aromatic heterocycles. The average Bonchev–Trinajstić information content (AvgIpc) is 2.92. The summed E-state index contributed by atoms with van der Waals surface area (Å²) in [6.07, 6.45) is 0. The number of thiophene rings is 1. The van der Waals surface area contributed by atoms with Gasteiger partial charge in [0.25, 0.3) is 5.69 Å². The lowest BCUT2D eigenvalue weighted by Crippen LogP contribution is -1.95. The first kappa shape index (κ1) is 15.3. The molecule has 2 rings (SSSR count). The fourth-order valence-corrected chi connectivity index (χ4v) is 2.44. The van der Waals surface area contributed by atoms with E-state index in [1.165, 1.54) is 29.5 Å². The first-order valence-corrected chi connectivity index (χ1v) is 7.19. The van der Waals surface area contributed by atoms with E-state index in [-0.39, 0.29) is 18.0 Å². The number of halogens is 1. The van der Waals surface area contributed by atoms with E-state index in [4.69, 9.17) is 22.1 Å². The molecule has 0 atom stereocenters. The van der Waals surface area contributed by atoms with Crippen molar-refractivity contribution in [3.8, 4) is 17.6 Å². The fraction of sp³-hybridized carbons (Fsp3) is 0.143. The van der Waals surface area contributed by atoms with Crippen LogP contribution in [0.3, 0.4) is 0 Å². The molecule has 0 aliphatic carbocycles. The maximum Gasteiger partial charge on any atom is 0.273 e. The third-order valence-electron chi connectivity index (χ3n) is 2.48. The SMILES string of the molecule is NCC#Cc1csc(COc2cc([N+](=O)[O-])ccc2Cl)c1. The molecule has 0 amide bonds. The van der Waals surface area contributed by atoms with Crippen molar-refractivity contribution in [2.75, 3.05) is 6.54 Å². The molecule has 0 saturated heterocycles. The van der Waals surface area contributed by atoms with E-state index in [1.807, 2.05) is 11.4 Å². The zero-order valence-electron chi connectivity index (χ0n) is 10.8. The lowest BCUT2D eigenvalue weighted by molar-refractivity contribution is -0.384. The van der Waals surface area contributed by atoms with Crippen LogP contribution in [0, 0.1) is 22.0 Å². The second kappa shape index (κ2) is 7.09. The third kappa shape index (κ3) is 4.20. The van der Waals surface area contributed by atoms with Crippen molar-refractivity contribution in [1.82, 2.24) is 0 Å². The summed E-state index contributed by atoms with van der Waals surface area (Å²) in [5, 5.41) is 13.0. The molecule has 1 heterocycles. The molecule has 2 aromatic rings. The van der Waals surface area contributed by atoms with Gasteiger partial charge < -0.3 is 10.5 Å². The van der Waals surface area contributed by atoms with E-state index < -0.39 is 4.92 Å². The van der Waals surface area contributed by atoms with Gasteiger partial charge in [-0.1, -0.05) is 23.4 Å². The lowest BCUT2D eigenvalue weighted by Gasteiger charge is -2.06. The van der Waals surface area contributed by atoms with Gasteiger partial charge in [-0.2, -0.15) is 0 Å². The van der Waals surface area contributed by atoms with Gasteiger partial charge in [-0.25, -0.2) is 0 Å². The first-order chi connectivity index (χ1) is 10.1. The lowest BCUT2D eigenvalue weighted by atomic mass is 10.3. The average molecular weight is 323 g/mol. The molecule has 0 radical (unpaired) electrons. The minimum Gasteiger partial charge on any atom is -0.486 e. The number of ether oxygens (including phenoxy) is 1. The standard InChI is InChI=1S/C14H11ClN2O3S/c15-13-4-3-11(17(18)19)7-14(13)20-8-12-6-10(9-21-12)2-1-5-16/h3-4,6-7,9H,5,8,16H2. The van der Waals surface area contributed by atoms with Gasteiger partial charge in [0.05, 0.1) is 22.6 Å². The number of rotatable bonds is 4. The summed E-state index contributed by atoms with van der Waals surface area (Å²) >= 11 is 7.45. The highest BCUT2D eigenvalue weighted by Gasteiger charge is 2.11. The van der Waals surface area contributed by atoms with E-state index in [1.54, 1.807) is 0 Å². The van der Waals surface area contributed by atoms with Gasteiger partial charge >= 0.3 is 0 Å². The molecule has 0 spiro atoms. The number of nitro benzene ring substituents is 1. The highest BCUT2D eigenvalue weighted by Crippen LogP contribution is 2.30. The summed E-state index contributed by atoms with van der Waals surface area (Å²) in [7, 11) is 0. The van der Waals surface area contributed by atoms with Crippen molar-refractivity contribution in [1.29, 1.82) is 0 Å². The predicted octanol–water partition coefficient (Wildman–Crippen LogP) is 3.20. The summed E-state index contributed by atoms with van der Waals surface area (Å²) in [5.41, 5.74) is 6.12. The zero-order chi connectivity index (χ0) is 15.2. The summed E-state index contributed by atoms with van der Waals surface area (Å²) in [4.78, 5) is 11.2. The Labute approximate surface area is 130 Å². The van der Waals surface area contributed by atoms with Gasteiger partial charge in [-0.3, -0.25) is 10.1 Å². The smallest absolute Gasteiger partial charge is 0.273 e. The van der Waals surface area contributed by atoms with Gasteiger partial charge in [-0.15, -0.1) is 11.3 Å². The Hall–Kier alpha value is -2.07. The minimum absolute atomic E-state index is 0.0601. The van der Waals surface area contributed by atoms with Crippen LogP contribution < -0.4 is 10.5 Å². The Morgan fingerprint density at radius 3 is 2.95 bits per heavy atom. The van der Waals surface area contributed by atoms with E-state index in [0.717, 1.165) is 10.4 Å². The summed E-state index contributed by atoms with van der Waals surface area (Å²) in [6, 6.07) is 5.98. The molecular weight excluding hydrogens is 312 g/mol. The Bertz CT molecular complexity index is 718.